The van der Waals surface area contributed by atoms with E-state index in [9.17, 15) is 0 Å². The molecule has 4 aromatic heterocycles. The minimum Gasteiger partial charge on any atom is -0.309 e. The lowest BCUT2D eigenvalue weighted by Crippen LogP contribution is -2.03. The van der Waals surface area contributed by atoms with Crippen LogP contribution in [-0.4, -0.2) is 19.1 Å². The molecular weight excluding hydrogens is 665 g/mol. The molecular formula is C48H28N4S. The van der Waals surface area contributed by atoms with Crippen molar-refractivity contribution >= 4 is 96.8 Å². The molecule has 0 N–H and O–H groups in total. The Hall–Kier alpha value is -6.82. The first-order valence-corrected chi connectivity index (χ1v) is 18.7. The molecule has 0 spiro atoms. The molecule has 0 unspecified atom stereocenters. The lowest BCUT2D eigenvalue weighted by Gasteiger charge is -2.12. The van der Waals surface area contributed by atoms with Crippen molar-refractivity contribution in [3.63, 3.8) is 0 Å². The molecule has 8 aromatic carbocycles. The zero-order valence-electron chi connectivity index (χ0n) is 28.4. The van der Waals surface area contributed by atoms with Crippen LogP contribution in [0.2, 0.25) is 0 Å². The van der Waals surface area contributed by atoms with Gasteiger partial charge in [-0.3, -0.25) is 4.57 Å². The summed E-state index contributed by atoms with van der Waals surface area (Å²) in [7, 11) is 0. The van der Waals surface area contributed by atoms with Gasteiger partial charge in [0.05, 0.1) is 33.3 Å². The predicted octanol–water partition coefficient (Wildman–Crippen LogP) is 13.0. The molecule has 53 heavy (non-hydrogen) atoms. The van der Waals surface area contributed by atoms with Crippen LogP contribution in [0.5, 0.6) is 0 Å². The fraction of sp³-hybridized carbons (Fsp3) is 0. The Morgan fingerprint density at radius 1 is 0.396 bits per heavy atom. The van der Waals surface area contributed by atoms with E-state index in [0.717, 1.165) is 44.4 Å². The van der Waals surface area contributed by atoms with E-state index in [4.69, 9.17) is 9.97 Å². The number of rotatable bonds is 3. The van der Waals surface area contributed by atoms with Gasteiger partial charge in [-0.25, -0.2) is 9.97 Å². The topological polar surface area (TPSA) is 35.6 Å². The Morgan fingerprint density at radius 3 is 1.96 bits per heavy atom. The van der Waals surface area contributed by atoms with Crippen molar-refractivity contribution in [3.05, 3.63) is 170 Å². The van der Waals surface area contributed by atoms with Crippen LogP contribution in [0.25, 0.3) is 108 Å². The smallest absolute Gasteiger partial charge is 0.235 e. The molecule has 0 saturated heterocycles. The summed E-state index contributed by atoms with van der Waals surface area (Å²) in [6, 6.07) is 61.0. The van der Waals surface area contributed by atoms with E-state index < -0.39 is 0 Å². The van der Waals surface area contributed by atoms with Gasteiger partial charge in [0, 0.05) is 63.7 Å². The van der Waals surface area contributed by atoms with Crippen LogP contribution in [0, 0.1) is 0 Å². The van der Waals surface area contributed by atoms with Gasteiger partial charge in [-0.05, 0) is 60.0 Å². The lowest BCUT2D eigenvalue weighted by atomic mass is 9.98. The average molecular weight is 693 g/mol. The first-order valence-electron chi connectivity index (χ1n) is 17.9. The number of hydrogen-bond donors (Lipinski definition) is 0. The quantitative estimate of drug-likeness (QED) is 0.185. The molecule has 0 bridgehead atoms. The summed E-state index contributed by atoms with van der Waals surface area (Å²) < 4.78 is 7.30. The van der Waals surface area contributed by atoms with Crippen LogP contribution in [-0.2, 0) is 0 Å². The summed E-state index contributed by atoms with van der Waals surface area (Å²) in [6.07, 6.45) is 0. The minimum atomic E-state index is 0.658. The maximum absolute atomic E-state index is 5.45. The van der Waals surface area contributed by atoms with E-state index in [1.54, 1.807) is 0 Å². The van der Waals surface area contributed by atoms with Crippen molar-refractivity contribution in [2.24, 2.45) is 0 Å². The van der Waals surface area contributed by atoms with E-state index in [1.165, 1.54) is 58.0 Å². The molecule has 0 atom stereocenters. The maximum Gasteiger partial charge on any atom is 0.235 e. The zero-order valence-corrected chi connectivity index (χ0v) is 29.2. The molecule has 12 aromatic rings. The third kappa shape index (κ3) is 4.05. The first kappa shape index (κ1) is 28.8. The Bertz CT molecular complexity index is 3450. The van der Waals surface area contributed by atoms with E-state index in [2.05, 4.69) is 179 Å². The van der Waals surface area contributed by atoms with Crippen LogP contribution < -0.4 is 0 Å². The Balaban J connectivity index is 1.32. The molecule has 246 valence electrons. The highest BCUT2D eigenvalue weighted by Gasteiger charge is 2.23. The van der Waals surface area contributed by atoms with Gasteiger partial charge in [0.2, 0.25) is 5.95 Å². The predicted molar refractivity (Wildman–Crippen MR) is 224 cm³/mol. The standard InChI is InChI=1S/C48H28N4S/c1-3-13-30(14-4-1)47-33-18-7-10-20-37(33)49-48(50-47)52-39-25-23-29-24-26-43-46(34-19-9-12-22-42(34)53-43)44(29)45(39)36-27-35-32-17-8-11-21-38(32)51(40(35)28-41(36)52)31-15-5-2-6-16-31/h1-28H. The first-order chi connectivity index (χ1) is 26.3. The van der Waals surface area contributed by atoms with Crippen LogP contribution in [0.1, 0.15) is 0 Å². The second kappa shape index (κ2) is 10.8. The molecule has 12 rings (SSSR count). The number of para-hydroxylation sites is 3. The molecule has 5 heteroatoms. The van der Waals surface area contributed by atoms with Gasteiger partial charge >= 0.3 is 0 Å². The third-order valence-electron chi connectivity index (χ3n) is 10.9. The summed E-state index contributed by atoms with van der Waals surface area (Å²) in [5.41, 5.74) is 8.53. The summed E-state index contributed by atoms with van der Waals surface area (Å²) in [6.45, 7) is 0. The highest BCUT2D eigenvalue weighted by atomic mass is 32.1. The summed E-state index contributed by atoms with van der Waals surface area (Å²) in [4.78, 5) is 10.8. The molecule has 0 aliphatic carbocycles. The largest absolute Gasteiger partial charge is 0.309 e. The summed E-state index contributed by atoms with van der Waals surface area (Å²) in [5, 5.41) is 11.0. The fourth-order valence-electron chi connectivity index (χ4n) is 8.65. The Morgan fingerprint density at radius 2 is 1.09 bits per heavy atom. The number of fused-ring (bicyclic) bond motifs is 13. The summed E-state index contributed by atoms with van der Waals surface area (Å²) in [5.74, 6) is 0.658. The van der Waals surface area contributed by atoms with E-state index in [1.807, 2.05) is 11.3 Å². The number of hydrogen-bond acceptors (Lipinski definition) is 3. The number of thiophene rings is 1. The van der Waals surface area contributed by atoms with Crippen LogP contribution in [0.15, 0.2) is 170 Å². The number of nitrogens with zero attached hydrogens (tertiary/aromatic N) is 4. The van der Waals surface area contributed by atoms with E-state index in [0.29, 0.717) is 5.95 Å². The normalized spacial score (nSPS) is 12.2. The van der Waals surface area contributed by atoms with Crippen LogP contribution >= 0.6 is 11.3 Å². The van der Waals surface area contributed by atoms with Crippen LogP contribution in [0.4, 0.5) is 0 Å². The van der Waals surface area contributed by atoms with Crippen molar-refractivity contribution in [1.82, 2.24) is 19.1 Å². The second-order valence-electron chi connectivity index (χ2n) is 13.8. The van der Waals surface area contributed by atoms with E-state index >= 15 is 0 Å². The second-order valence-corrected chi connectivity index (χ2v) is 14.8. The van der Waals surface area contributed by atoms with Gasteiger partial charge in [0.1, 0.15) is 0 Å². The van der Waals surface area contributed by atoms with Gasteiger partial charge in [-0.2, -0.15) is 0 Å². The molecule has 0 saturated carbocycles. The molecule has 4 heterocycles. The molecule has 0 aliphatic heterocycles. The fourth-order valence-corrected chi connectivity index (χ4v) is 9.76. The molecule has 0 amide bonds. The lowest BCUT2D eigenvalue weighted by molar-refractivity contribution is 1.01. The maximum atomic E-state index is 5.45. The average Bonchev–Trinajstić information content (AvgIpc) is 3.87. The van der Waals surface area contributed by atoms with Gasteiger partial charge in [0.15, 0.2) is 0 Å². The van der Waals surface area contributed by atoms with Gasteiger partial charge in [-0.1, -0.05) is 115 Å². The van der Waals surface area contributed by atoms with Crippen molar-refractivity contribution in [1.29, 1.82) is 0 Å². The highest BCUT2D eigenvalue weighted by molar-refractivity contribution is 7.26. The van der Waals surface area contributed by atoms with E-state index in [-0.39, 0.29) is 0 Å². The molecule has 0 aliphatic rings. The highest BCUT2D eigenvalue weighted by Crippen LogP contribution is 2.46. The Labute approximate surface area is 307 Å². The Kier molecular flexibility index (Phi) is 5.90. The number of benzene rings is 8. The van der Waals surface area contributed by atoms with Gasteiger partial charge in [0.25, 0.3) is 0 Å². The van der Waals surface area contributed by atoms with Gasteiger partial charge in [-0.15, -0.1) is 11.3 Å². The van der Waals surface area contributed by atoms with Crippen molar-refractivity contribution in [3.8, 4) is 22.9 Å². The molecule has 0 radical (unpaired) electrons. The monoisotopic (exact) mass is 692 g/mol. The third-order valence-corrected chi connectivity index (χ3v) is 12.0. The zero-order chi connectivity index (χ0) is 34.6. The molecule has 4 nitrogen and oxygen atoms in total. The summed E-state index contributed by atoms with van der Waals surface area (Å²) >= 11 is 1.87. The van der Waals surface area contributed by atoms with Crippen molar-refractivity contribution in [2.45, 2.75) is 0 Å². The van der Waals surface area contributed by atoms with Crippen LogP contribution in [0.3, 0.4) is 0 Å². The van der Waals surface area contributed by atoms with Crippen molar-refractivity contribution in [2.75, 3.05) is 0 Å². The van der Waals surface area contributed by atoms with Crippen molar-refractivity contribution < 1.29 is 0 Å². The van der Waals surface area contributed by atoms with Gasteiger partial charge < -0.3 is 4.57 Å². The molecule has 0 fully saturated rings. The SMILES string of the molecule is c1ccc(-c2nc(-n3c4cc5c(cc4c4c6c(ccc7sc8ccccc8c76)ccc43)c3ccccc3n5-c3ccccc3)nc3ccccc23)cc1. The number of aromatic nitrogens is 4. The minimum absolute atomic E-state index is 0.658.